The topological polar surface area (TPSA) is 50.3 Å². The summed E-state index contributed by atoms with van der Waals surface area (Å²) >= 11 is 1.60. The molecule has 0 amide bonds. The summed E-state index contributed by atoms with van der Waals surface area (Å²) in [5, 5.41) is 2.53. The number of aromatic nitrogens is 1. The second kappa shape index (κ2) is 8.01. The first-order chi connectivity index (χ1) is 13.5. The number of nitrogens with zero attached hydrogens (tertiary/aromatic N) is 2. The summed E-state index contributed by atoms with van der Waals surface area (Å²) in [6, 6.07) is 15.5. The van der Waals surface area contributed by atoms with Crippen LogP contribution in [0, 0.1) is 5.82 Å². The Morgan fingerprint density at radius 3 is 2.54 bits per heavy atom. The Bertz CT molecular complexity index is 1040. The van der Waals surface area contributed by atoms with Gasteiger partial charge in [0.05, 0.1) is 15.8 Å². The van der Waals surface area contributed by atoms with Gasteiger partial charge in [-0.15, -0.1) is 11.3 Å². The Morgan fingerprint density at radius 1 is 1.07 bits per heavy atom. The van der Waals surface area contributed by atoms with Gasteiger partial charge in [-0.1, -0.05) is 36.4 Å². The van der Waals surface area contributed by atoms with Crippen LogP contribution in [0.2, 0.25) is 0 Å². The number of anilines is 1. The molecular formula is C21H21FN2O2S2. The summed E-state index contributed by atoms with van der Waals surface area (Å²) < 4.78 is 39.0. The zero-order valence-corrected chi connectivity index (χ0v) is 16.9. The Morgan fingerprint density at radius 2 is 1.82 bits per heavy atom. The predicted octanol–water partition coefficient (Wildman–Crippen LogP) is 4.32. The Balaban J connectivity index is 1.40. The Labute approximate surface area is 168 Å². The maximum atomic E-state index is 13.4. The van der Waals surface area contributed by atoms with E-state index in [1.54, 1.807) is 11.3 Å². The first kappa shape index (κ1) is 19.1. The molecule has 4 rings (SSSR count). The van der Waals surface area contributed by atoms with E-state index in [1.165, 1.54) is 23.8 Å². The molecule has 2 aromatic carbocycles. The van der Waals surface area contributed by atoms with Gasteiger partial charge in [0.1, 0.15) is 5.82 Å². The van der Waals surface area contributed by atoms with E-state index in [4.69, 9.17) is 4.98 Å². The molecule has 0 aliphatic carbocycles. The van der Waals surface area contributed by atoms with E-state index in [0.717, 1.165) is 23.3 Å². The van der Waals surface area contributed by atoms with Crippen LogP contribution in [0.25, 0.3) is 0 Å². The van der Waals surface area contributed by atoms with E-state index >= 15 is 0 Å². The molecule has 0 atom stereocenters. The monoisotopic (exact) mass is 416 g/mol. The van der Waals surface area contributed by atoms with Crippen LogP contribution in [-0.4, -0.2) is 31.7 Å². The third kappa shape index (κ3) is 4.10. The summed E-state index contributed by atoms with van der Waals surface area (Å²) in [4.78, 5) is 6.96. The van der Waals surface area contributed by atoms with Crippen LogP contribution < -0.4 is 4.90 Å². The summed E-state index contributed by atoms with van der Waals surface area (Å²) in [5.74, 6) is -0.521. The molecule has 4 nitrogen and oxygen atoms in total. The number of benzene rings is 2. The van der Waals surface area contributed by atoms with Crippen LogP contribution in [-0.2, 0) is 16.3 Å². The molecule has 1 aromatic heterocycles. The van der Waals surface area contributed by atoms with Crippen molar-refractivity contribution in [3.63, 3.8) is 0 Å². The van der Waals surface area contributed by atoms with E-state index < -0.39 is 20.9 Å². The molecule has 0 unspecified atom stereocenters. The molecule has 0 N–H and O–H groups in total. The Hall–Kier alpha value is -2.25. The molecule has 146 valence electrons. The number of sulfone groups is 1. The van der Waals surface area contributed by atoms with Crippen molar-refractivity contribution >= 4 is 26.3 Å². The van der Waals surface area contributed by atoms with Gasteiger partial charge in [-0.25, -0.2) is 17.8 Å². The largest absolute Gasteiger partial charge is 0.348 e. The van der Waals surface area contributed by atoms with Gasteiger partial charge in [-0.05, 0) is 36.6 Å². The zero-order chi connectivity index (χ0) is 19.6. The minimum atomic E-state index is -3.51. The van der Waals surface area contributed by atoms with Gasteiger partial charge in [-0.2, -0.15) is 0 Å². The zero-order valence-electron chi connectivity index (χ0n) is 15.3. The van der Waals surface area contributed by atoms with Crippen molar-refractivity contribution in [1.29, 1.82) is 0 Å². The lowest BCUT2D eigenvalue weighted by Crippen LogP contribution is -2.39. The minimum absolute atomic E-state index is 0.0744. The van der Waals surface area contributed by atoms with Crippen molar-refractivity contribution in [2.24, 2.45) is 0 Å². The van der Waals surface area contributed by atoms with E-state index in [1.807, 2.05) is 18.2 Å². The first-order valence-corrected chi connectivity index (χ1v) is 11.7. The lowest BCUT2D eigenvalue weighted by molar-refractivity contribution is 0.528. The van der Waals surface area contributed by atoms with Gasteiger partial charge >= 0.3 is 0 Å². The maximum Gasteiger partial charge on any atom is 0.185 e. The average molecular weight is 417 g/mol. The van der Waals surface area contributed by atoms with E-state index in [-0.39, 0.29) is 4.90 Å². The summed E-state index contributed by atoms with van der Waals surface area (Å²) in [6.07, 6.45) is 1.83. The van der Waals surface area contributed by atoms with Crippen LogP contribution in [0.15, 0.2) is 64.9 Å². The van der Waals surface area contributed by atoms with Gasteiger partial charge in [0.25, 0.3) is 0 Å². The molecule has 7 heteroatoms. The van der Waals surface area contributed by atoms with Gasteiger partial charge in [0, 0.05) is 24.9 Å². The number of piperidine rings is 1. The lowest BCUT2D eigenvalue weighted by atomic mass is 10.1. The SMILES string of the molecule is O=S(=O)(c1cccc(F)c1)C1CCN(c2nc(Cc3ccccc3)cs2)CC1. The van der Waals surface area contributed by atoms with E-state index in [0.29, 0.717) is 25.9 Å². The lowest BCUT2D eigenvalue weighted by Gasteiger charge is -2.31. The van der Waals surface area contributed by atoms with E-state index in [2.05, 4.69) is 22.4 Å². The Kier molecular flexibility index (Phi) is 5.46. The highest BCUT2D eigenvalue weighted by Gasteiger charge is 2.32. The second-order valence-electron chi connectivity index (χ2n) is 6.97. The highest BCUT2D eigenvalue weighted by molar-refractivity contribution is 7.92. The highest BCUT2D eigenvalue weighted by Crippen LogP contribution is 2.29. The number of hydrogen-bond donors (Lipinski definition) is 0. The smallest absolute Gasteiger partial charge is 0.185 e. The van der Waals surface area contributed by atoms with Crippen molar-refractivity contribution < 1.29 is 12.8 Å². The average Bonchev–Trinajstić information content (AvgIpc) is 3.17. The van der Waals surface area contributed by atoms with Crippen LogP contribution in [0.3, 0.4) is 0 Å². The maximum absolute atomic E-state index is 13.4. The molecule has 1 fully saturated rings. The molecular weight excluding hydrogens is 395 g/mol. The van der Waals surface area contributed by atoms with Crippen LogP contribution in [0.5, 0.6) is 0 Å². The standard InChI is InChI=1S/C21H21FN2O2S2/c22-17-7-4-8-20(14-17)28(25,26)19-9-11-24(12-10-19)21-23-18(15-27-21)13-16-5-2-1-3-6-16/h1-8,14-15,19H,9-13H2. The first-order valence-electron chi connectivity index (χ1n) is 9.25. The predicted molar refractivity (Wildman–Crippen MR) is 110 cm³/mol. The summed E-state index contributed by atoms with van der Waals surface area (Å²) in [5.41, 5.74) is 2.25. The third-order valence-corrected chi connectivity index (χ3v) is 8.25. The molecule has 0 bridgehead atoms. The van der Waals surface area contributed by atoms with Crippen molar-refractivity contribution in [2.75, 3.05) is 18.0 Å². The number of halogens is 1. The van der Waals surface area contributed by atoms with Gasteiger partial charge in [0.2, 0.25) is 0 Å². The van der Waals surface area contributed by atoms with Crippen molar-refractivity contribution in [3.8, 4) is 0 Å². The van der Waals surface area contributed by atoms with Crippen LogP contribution >= 0.6 is 11.3 Å². The number of rotatable bonds is 5. The quantitative estimate of drug-likeness (QED) is 0.622. The second-order valence-corrected chi connectivity index (χ2v) is 10.0. The fourth-order valence-electron chi connectivity index (χ4n) is 3.52. The summed E-state index contributed by atoms with van der Waals surface area (Å²) in [7, 11) is -3.51. The van der Waals surface area contributed by atoms with Gasteiger partial charge < -0.3 is 4.90 Å². The van der Waals surface area contributed by atoms with Crippen molar-refractivity contribution in [1.82, 2.24) is 4.98 Å². The van der Waals surface area contributed by atoms with E-state index in [9.17, 15) is 12.8 Å². The third-order valence-electron chi connectivity index (χ3n) is 5.04. The number of hydrogen-bond acceptors (Lipinski definition) is 5. The van der Waals surface area contributed by atoms with Gasteiger partial charge in [-0.3, -0.25) is 0 Å². The van der Waals surface area contributed by atoms with Crippen molar-refractivity contribution in [3.05, 3.63) is 77.1 Å². The molecule has 1 aliphatic rings. The number of thiazole rings is 1. The van der Waals surface area contributed by atoms with Crippen molar-refractivity contribution in [2.45, 2.75) is 29.4 Å². The van der Waals surface area contributed by atoms with Crippen LogP contribution in [0.1, 0.15) is 24.1 Å². The fourth-order valence-corrected chi connectivity index (χ4v) is 6.16. The molecule has 0 spiro atoms. The highest BCUT2D eigenvalue weighted by atomic mass is 32.2. The molecule has 0 saturated carbocycles. The van der Waals surface area contributed by atoms with Gasteiger partial charge in [0.15, 0.2) is 15.0 Å². The molecule has 0 radical (unpaired) electrons. The molecule has 28 heavy (non-hydrogen) atoms. The summed E-state index contributed by atoms with van der Waals surface area (Å²) in [6.45, 7) is 1.27. The molecule has 1 aliphatic heterocycles. The minimum Gasteiger partial charge on any atom is -0.348 e. The van der Waals surface area contributed by atoms with Crippen LogP contribution in [0.4, 0.5) is 9.52 Å². The normalized spacial score (nSPS) is 15.7. The molecule has 3 aromatic rings. The molecule has 2 heterocycles. The molecule has 1 saturated heterocycles. The fraction of sp³-hybridized carbons (Fsp3) is 0.286.